The van der Waals surface area contributed by atoms with Gasteiger partial charge in [0.05, 0.1) is 0 Å². The summed E-state index contributed by atoms with van der Waals surface area (Å²) in [6, 6.07) is 0.724. The monoisotopic (exact) mass is 242 g/mol. The van der Waals surface area contributed by atoms with Crippen LogP contribution in [0.3, 0.4) is 0 Å². The summed E-state index contributed by atoms with van der Waals surface area (Å²) < 4.78 is 5.27. The average Bonchev–Trinajstić information content (AvgIpc) is 2.14. The number of rotatable bonds is 2. The normalized spacial score (nSPS) is 25.8. The molecular formula is C13H26N2O2. The molecule has 0 aromatic heterocycles. The second-order valence-electron chi connectivity index (χ2n) is 6.17. The third-order valence-corrected chi connectivity index (χ3v) is 2.96. The molecule has 1 rings (SSSR count). The van der Waals surface area contributed by atoms with E-state index in [-0.39, 0.29) is 12.1 Å². The number of hydrogen-bond acceptors (Lipinski definition) is 3. The fourth-order valence-corrected chi connectivity index (χ4v) is 2.06. The Morgan fingerprint density at radius 1 is 1.41 bits per heavy atom. The van der Waals surface area contributed by atoms with Gasteiger partial charge in [-0.3, -0.25) is 0 Å². The maximum atomic E-state index is 11.6. The number of carbonyl (C=O) groups excluding carboxylic acids is 1. The minimum absolute atomic E-state index is 0.235. The second-order valence-corrected chi connectivity index (χ2v) is 6.17. The first-order valence-corrected chi connectivity index (χ1v) is 6.51. The van der Waals surface area contributed by atoms with E-state index in [1.807, 2.05) is 20.8 Å². The first-order valence-electron chi connectivity index (χ1n) is 6.51. The van der Waals surface area contributed by atoms with Crippen LogP contribution in [0.1, 0.15) is 47.5 Å². The van der Waals surface area contributed by atoms with Crippen LogP contribution in [0, 0.1) is 5.92 Å². The molecule has 0 aliphatic carbocycles. The molecule has 1 saturated heterocycles. The lowest BCUT2D eigenvalue weighted by atomic mass is 9.92. The fraction of sp³-hybridized carbons (Fsp3) is 0.923. The largest absolute Gasteiger partial charge is 0.444 e. The summed E-state index contributed by atoms with van der Waals surface area (Å²) in [6.45, 7) is 11.0. The zero-order valence-electron chi connectivity index (χ0n) is 11.7. The van der Waals surface area contributed by atoms with Gasteiger partial charge in [0.2, 0.25) is 0 Å². The van der Waals surface area contributed by atoms with Gasteiger partial charge in [0.15, 0.2) is 0 Å². The Bertz CT molecular complexity index is 259. The first kappa shape index (κ1) is 14.3. The molecular weight excluding hydrogens is 216 g/mol. The highest BCUT2D eigenvalue weighted by molar-refractivity contribution is 5.68. The van der Waals surface area contributed by atoms with Gasteiger partial charge in [-0.25, -0.2) is 4.79 Å². The summed E-state index contributed by atoms with van der Waals surface area (Å²) >= 11 is 0. The summed E-state index contributed by atoms with van der Waals surface area (Å²) in [6.07, 6.45) is 1.66. The number of ether oxygens (including phenoxy) is 1. The molecule has 17 heavy (non-hydrogen) atoms. The van der Waals surface area contributed by atoms with Crippen LogP contribution < -0.4 is 10.6 Å². The van der Waals surface area contributed by atoms with Crippen molar-refractivity contribution >= 4 is 6.09 Å². The molecule has 2 unspecified atom stereocenters. The highest BCUT2D eigenvalue weighted by Gasteiger charge is 2.26. The Hall–Kier alpha value is -0.770. The Kier molecular flexibility index (Phi) is 4.80. The van der Waals surface area contributed by atoms with E-state index in [4.69, 9.17) is 4.74 Å². The molecule has 1 heterocycles. The summed E-state index contributed by atoms with van der Waals surface area (Å²) in [5.74, 6) is 0.596. The van der Waals surface area contributed by atoms with Gasteiger partial charge < -0.3 is 15.4 Å². The van der Waals surface area contributed by atoms with E-state index in [1.54, 1.807) is 0 Å². The molecule has 0 saturated carbocycles. The molecule has 0 bridgehead atoms. The number of carbonyl (C=O) groups is 1. The van der Waals surface area contributed by atoms with Crippen LogP contribution in [0.4, 0.5) is 4.79 Å². The minimum atomic E-state index is -0.422. The van der Waals surface area contributed by atoms with E-state index in [1.165, 1.54) is 0 Å². The van der Waals surface area contributed by atoms with Gasteiger partial charge in [-0.05, 0) is 46.1 Å². The number of alkyl carbamates (subject to hydrolysis) is 1. The predicted molar refractivity (Wildman–Crippen MR) is 69.0 cm³/mol. The Balaban J connectivity index is 2.38. The molecule has 0 radical (unpaired) electrons. The van der Waals surface area contributed by atoms with E-state index in [0.717, 1.165) is 19.4 Å². The third-order valence-electron chi connectivity index (χ3n) is 2.96. The molecule has 1 fully saturated rings. The molecule has 0 aromatic carbocycles. The highest BCUT2D eigenvalue weighted by atomic mass is 16.6. The van der Waals surface area contributed by atoms with Gasteiger partial charge in [-0.15, -0.1) is 0 Å². The van der Waals surface area contributed by atoms with Crippen molar-refractivity contribution in [2.45, 2.75) is 65.1 Å². The van der Waals surface area contributed by atoms with Crippen LogP contribution in [0.25, 0.3) is 0 Å². The van der Waals surface area contributed by atoms with Gasteiger partial charge in [-0.1, -0.05) is 13.8 Å². The number of nitrogens with one attached hydrogen (secondary N) is 2. The number of amides is 1. The quantitative estimate of drug-likeness (QED) is 0.781. The van der Waals surface area contributed by atoms with Crippen LogP contribution >= 0.6 is 0 Å². The zero-order chi connectivity index (χ0) is 13.1. The molecule has 0 aromatic rings. The summed E-state index contributed by atoms with van der Waals surface area (Å²) in [5, 5.41) is 6.44. The molecule has 1 aliphatic heterocycles. The highest BCUT2D eigenvalue weighted by Crippen LogP contribution is 2.16. The number of hydrogen-bond donors (Lipinski definition) is 2. The maximum Gasteiger partial charge on any atom is 0.407 e. The molecule has 4 heteroatoms. The van der Waals surface area contributed by atoms with Crippen LogP contribution in [0.2, 0.25) is 0 Å². The van der Waals surface area contributed by atoms with E-state index in [2.05, 4.69) is 24.5 Å². The zero-order valence-corrected chi connectivity index (χ0v) is 11.7. The van der Waals surface area contributed by atoms with Crippen LogP contribution in [0.5, 0.6) is 0 Å². The van der Waals surface area contributed by atoms with Crippen molar-refractivity contribution in [1.29, 1.82) is 0 Å². The Morgan fingerprint density at radius 3 is 2.59 bits per heavy atom. The SMILES string of the molecule is CC(C)C1CC(NC(=O)OC(C)(C)C)CCN1. The van der Waals surface area contributed by atoms with Crippen LogP contribution in [-0.2, 0) is 4.74 Å². The van der Waals surface area contributed by atoms with Gasteiger partial charge in [0.1, 0.15) is 5.60 Å². The third kappa shape index (κ3) is 5.39. The van der Waals surface area contributed by atoms with E-state index in [0.29, 0.717) is 12.0 Å². The number of piperidine rings is 1. The molecule has 2 N–H and O–H groups in total. The van der Waals surface area contributed by atoms with Crippen molar-refractivity contribution in [2.75, 3.05) is 6.54 Å². The predicted octanol–water partition coefficient (Wildman–Crippen LogP) is 2.29. The van der Waals surface area contributed by atoms with Crippen LogP contribution in [-0.4, -0.2) is 30.3 Å². The summed E-state index contributed by atoms with van der Waals surface area (Å²) in [5.41, 5.74) is -0.422. The first-order chi connectivity index (χ1) is 7.78. The molecule has 2 atom stereocenters. The van der Waals surface area contributed by atoms with Crippen molar-refractivity contribution in [1.82, 2.24) is 10.6 Å². The molecule has 1 aliphatic rings. The summed E-state index contributed by atoms with van der Waals surface area (Å²) in [7, 11) is 0. The summed E-state index contributed by atoms with van der Waals surface area (Å²) in [4.78, 5) is 11.6. The minimum Gasteiger partial charge on any atom is -0.444 e. The van der Waals surface area contributed by atoms with E-state index in [9.17, 15) is 4.79 Å². The lowest BCUT2D eigenvalue weighted by Crippen LogP contribution is -2.50. The molecule has 100 valence electrons. The molecule has 4 nitrogen and oxygen atoms in total. The van der Waals surface area contributed by atoms with E-state index >= 15 is 0 Å². The van der Waals surface area contributed by atoms with Crippen molar-refractivity contribution in [3.05, 3.63) is 0 Å². The van der Waals surface area contributed by atoms with Gasteiger partial charge in [0, 0.05) is 12.1 Å². The Morgan fingerprint density at radius 2 is 2.06 bits per heavy atom. The van der Waals surface area contributed by atoms with Gasteiger partial charge in [-0.2, -0.15) is 0 Å². The smallest absolute Gasteiger partial charge is 0.407 e. The van der Waals surface area contributed by atoms with E-state index < -0.39 is 5.60 Å². The van der Waals surface area contributed by atoms with Crippen molar-refractivity contribution in [3.8, 4) is 0 Å². The molecule has 1 amide bonds. The standard InChI is InChI=1S/C13H26N2O2/c1-9(2)11-8-10(6-7-14-11)15-12(16)17-13(3,4)5/h9-11,14H,6-8H2,1-5H3,(H,15,16). The van der Waals surface area contributed by atoms with Crippen molar-refractivity contribution < 1.29 is 9.53 Å². The second kappa shape index (κ2) is 5.71. The Labute approximate surface area is 104 Å². The lowest BCUT2D eigenvalue weighted by molar-refractivity contribution is 0.0486. The maximum absolute atomic E-state index is 11.6. The topological polar surface area (TPSA) is 50.4 Å². The van der Waals surface area contributed by atoms with Crippen molar-refractivity contribution in [3.63, 3.8) is 0 Å². The average molecular weight is 242 g/mol. The lowest BCUT2D eigenvalue weighted by Gasteiger charge is -2.33. The van der Waals surface area contributed by atoms with Crippen LogP contribution in [0.15, 0.2) is 0 Å². The molecule has 0 spiro atoms. The van der Waals surface area contributed by atoms with Gasteiger partial charge >= 0.3 is 6.09 Å². The van der Waals surface area contributed by atoms with Gasteiger partial charge in [0.25, 0.3) is 0 Å². The van der Waals surface area contributed by atoms with Crippen molar-refractivity contribution in [2.24, 2.45) is 5.92 Å². The fourth-order valence-electron chi connectivity index (χ4n) is 2.06.